The summed E-state index contributed by atoms with van der Waals surface area (Å²) in [4.78, 5) is 34.4. The number of carbonyl (C=O) groups excluding carboxylic acids is 1. The van der Waals surface area contributed by atoms with Crippen molar-refractivity contribution in [1.29, 1.82) is 0 Å². The highest BCUT2D eigenvalue weighted by atomic mass is 35.5. The lowest BCUT2D eigenvalue weighted by Gasteiger charge is -2.35. The number of aromatic nitrogens is 5. The predicted molar refractivity (Wildman–Crippen MR) is 118 cm³/mol. The molecule has 5 rings (SSSR count). The van der Waals surface area contributed by atoms with Crippen molar-refractivity contribution in [3.05, 3.63) is 77.6 Å². The summed E-state index contributed by atoms with van der Waals surface area (Å²) >= 11 is 6.26. The number of halogens is 1. The van der Waals surface area contributed by atoms with E-state index < -0.39 is 0 Å². The third-order valence-corrected chi connectivity index (χ3v) is 5.68. The van der Waals surface area contributed by atoms with Crippen molar-refractivity contribution in [3.8, 4) is 0 Å². The average molecular weight is 434 g/mol. The van der Waals surface area contributed by atoms with Crippen LogP contribution >= 0.6 is 11.6 Å². The van der Waals surface area contributed by atoms with E-state index in [0.29, 0.717) is 48.8 Å². The number of hydrogen-bond donors (Lipinski definition) is 0. The van der Waals surface area contributed by atoms with Gasteiger partial charge in [-0.25, -0.2) is 15.0 Å². The van der Waals surface area contributed by atoms with E-state index in [1.807, 2.05) is 46.0 Å². The second-order valence-corrected chi connectivity index (χ2v) is 7.80. The molecular weight excluding hydrogens is 414 g/mol. The van der Waals surface area contributed by atoms with Gasteiger partial charge in [-0.05, 0) is 29.8 Å². The lowest BCUT2D eigenvalue weighted by molar-refractivity contribution is 0.0746. The molecule has 0 N–H and O–H groups in total. The van der Waals surface area contributed by atoms with Gasteiger partial charge in [-0.3, -0.25) is 9.78 Å². The molecule has 0 unspecified atom stereocenters. The van der Waals surface area contributed by atoms with Gasteiger partial charge in [0.25, 0.3) is 5.91 Å². The number of pyridine rings is 3. The predicted octanol–water partition coefficient (Wildman–Crippen LogP) is 2.89. The van der Waals surface area contributed by atoms with Gasteiger partial charge < -0.3 is 14.4 Å². The summed E-state index contributed by atoms with van der Waals surface area (Å²) < 4.78 is 1.95. The summed E-state index contributed by atoms with van der Waals surface area (Å²) in [7, 11) is 0. The highest BCUT2D eigenvalue weighted by molar-refractivity contribution is 6.32. The molecule has 31 heavy (non-hydrogen) atoms. The molecule has 4 aromatic rings. The summed E-state index contributed by atoms with van der Waals surface area (Å²) in [5.41, 5.74) is 3.06. The zero-order valence-electron chi connectivity index (χ0n) is 16.7. The topological polar surface area (TPSA) is 80.0 Å². The molecule has 1 aliphatic heterocycles. The first-order valence-electron chi connectivity index (χ1n) is 10.0. The lowest BCUT2D eigenvalue weighted by Crippen LogP contribution is -2.49. The zero-order chi connectivity index (χ0) is 21.2. The van der Waals surface area contributed by atoms with E-state index >= 15 is 0 Å². The molecule has 5 heterocycles. The lowest BCUT2D eigenvalue weighted by atomic mass is 10.2. The van der Waals surface area contributed by atoms with Crippen LogP contribution in [0.25, 0.3) is 11.2 Å². The highest BCUT2D eigenvalue weighted by Gasteiger charge is 2.24. The second kappa shape index (κ2) is 8.31. The number of carbonyl (C=O) groups is 1. The largest absolute Gasteiger partial charge is 0.352 e. The van der Waals surface area contributed by atoms with Gasteiger partial charge in [-0.1, -0.05) is 17.7 Å². The zero-order valence-corrected chi connectivity index (χ0v) is 17.5. The fourth-order valence-corrected chi connectivity index (χ4v) is 4.02. The molecule has 1 aliphatic rings. The standard InChI is InChI=1S/C22H20ClN7O/c23-18-4-2-6-25-20(18)28-7-9-29(10-8-28)22(31)17-11-19-21(26-13-17)30(15-27-19)14-16-3-1-5-24-12-16/h1-6,11-13,15H,7-10,14H2. The maximum Gasteiger partial charge on any atom is 0.255 e. The minimum Gasteiger partial charge on any atom is -0.352 e. The van der Waals surface area contributed by atoms with Crippen LogP contribution in [0.2, 0.25) is 5.02 Å². The second-order valence-electron chi connectivity index (χ2n) is 7.39. The van der Waals surface area contributed by atoms with Crippen LogP contribution in [0.1, 0.15) is 15.9 Å². The Morgan fingerprint density at radius 3 is 2.61 bits per heavy atom. The van der Waals surface area contributed by atoms with Gasteiger partial charge in [-0.2, -0.15) is 0 Å². The van der Waals surface area contributed by atoms with Crippen LogP contribution in [0.3, 0.4) is 0 Å². The molecule has 9 heteroatoms. The van der Waals surface area contributed by atoms with Gasteiger partial charge in [0.2, 0.25) is 0 Å². The Bertz CT molecular complexity index is 1220. The Morgan fingerprint density at radius 2 is 1.84 bits per heavy atom. The van der Waals surface area contributed by atoms with E-state index in [0.717, 1.165) is 17.0 Å². The summed E-state index contributed by atoms with van der Waals surface area (Å²) in [6.07, 6.45) is 8.67. The van der Waals surface area contributed by atoms with Crippen molar-refractivity contribution in [2.45, 2.75) is 6.54 Å². The fourth-order valence-electron chi connectivity index (χ4n) is 3.78. The number of hydrogen-bond acceptors (Lipinski definition) is 6. The van der Waals surface area contributed by atoms with Crippen molar-refractivity contribution < 1.29 is 4.79 Å². The van der Waals surface area contributed by atoms with E-state index in [-0.39, 0.29) is 5.91 Å². The minimum absolute atomic E-state index is 0.0389. The number of amides is 1. The van der Waals surface area contributed by atoms with E-state index in [9.17, 15) is 4.79 Å². The molecule has 4 aromatic heterocycles. The van der Waals surface area contributed by atoms with Gasteiger partial charge in [0.05, 0.1) is 23.5 Å². The molecule has 0 atom stereocenters. The molecule has 1 amide bonds. The third-order valence-electron chi connectivity index (χ3n) is 5.38. The summed E-state index contributed by atoms with van der Waals surface area (Å²) in [6.45, 7) is 3.18. The molecule has 0 aliphatic carbocycles. The Kier molecular flexibility index (Phi) is 5.21. The van der Waals surface area contributed by atoms with Crippen molar-refractivity contribution in [3.63, 3.8) is 0 Å². The number of rotatable bonds is 4. The molecule has 0 aromatic carbocycles. The smallest absolute Gasteiger partial charge is 0.255 e. The summed E-state index contributed by atoms with van der Waals surface area (Å²) in [6, 6.07) is 9.36. The van der Waals surface area contributed by atoms with Crippen molar-refractivity contribution in [1.82, 2.24) is 29.4 Å². The first kappa shape index (κ1) is 19.4. The maximum atomic E-state index is 13.0. The van der Waals surface area contributed by atoms with E-state index in [1.54, 1.807) is 24.9 Å². The summed E-state index contributed by atoms with van der Waals surface area (Å²) in [5.74, 6) is 0.724. The molecule has 156 valence electrons. The third kappa shape index (κ3) is 3.94. The quantitative estimate of drug-likeness (QED) is 0.492. The van der Waals surface area contributed by atoms with Crippen LogP contribution < -0.4 is 4.90 Å². The number of nitrogens with zero attached hydrogens (tertiary/aromatic N) is 7. The van der Waals surface area contributed by atoms with Crippen molar-refractivity contribution in [2.24, 2.45) is 0 Å². The monoisotopic (exact) mass is 433 g/mol. The number of imidazole rings is 1. The van der Waals surface area contributed by atoms with Crippen LogP contribution in [0.5, 0.6) is 0 Å². The number of fused-ring (bicyclic) bond motifs is 1. The molecule has 0 spiro atoms. The fraction of sp³-hybridized carbons (Fsp3) is 0.227. The van der Waals surface area contributed by atoms with Gasteiger partial charge in [0.1, 0.15) is 11.3 Å². The molecule has 0 radical (unpaired) electrons. The van der Waals surface area contributed by atoms with E-state index in [4.69, 9.17) is 11.6 Å². The molecule has 0 bridgehead atoms. The van der Waals surface area contributed by atoms with Crippen molar-refractivity contribution in [2.75, 3.05) is 31.1 Å². The van der Waals surface area contributed by atoms with Crippen LogP contribution in [-0.4, -0.2) is 61.5 Å². The first-order chi connectivity index (χ1) is 15.2. The van der Waals surface area contributed by atoms with E-state index in [2.05, 4.69) is 24.8 Å². The Balaban J connectivity index is 1.29. The molecule has 1 saturated heterocycles. The Labute approximate surface area is 184 Å². The maximum absolute atomic E-state index is 13.0. The molecular formula is C22H20ClN7O. The SMILES string of the molecule is O=C(c1cnc2c(c1)ncn2Cc1cccnc1)N1CCN(c2ncccc2Cl)CC1. The average Bonchev–Trinajstić information content (AvgIpc) is 3.22. The van der Waals surface area contributed by atoms with Crippen LogP contribution in [0.4, 0.5) is 5.82 Å². The molecule has 1 fully saturated rings. The molecule has 8 nitrogen and oxygen atoms in total. The molecule has 0 saturated carbocycles. The van der Waals surface area contributed by atoms with Crippen LogP contribution in [0, 0.1) is 0 Å². The summed E-state index contributed by atoms with van der Waals surface area (Å²) in [5, 5.41) is 0.624. The van der Waals surface area contributed by atoms with Crippen molar-refractivity contribution >= 4 is 34.5 Å². The van der Waals surface area contributed by atoms with Gasteiger partial charge in [-0.15, -0.1) is 0 Å². The normalized spacial score (nSPS) is 14.2. The van der Waals surface area contributed by atoms with E-state index in [1.165, 1.54) is 0 Å². The number of anilines is 1. The van der Waals surface area contributed by atoms with Gasteiger partial charge in [0, 0.05) is 51.0 Å². The van der Waals surface area contributed by atoms with Gasteiger partial charge in [0.15, 0.2) is 5.65 Å². The van der Waals surface area contributed by atoms with Gasteiger partial charge >= 0.3 is 0 Å². The Morgan fingerprint density at radius 1 is 1.00 bits per heavy atom. The van der Waals surface area contributed by atoms with Crippen LogP contribution in [-0.2, 0) is 6.54 Å². The van der Waals surface area contributed by atoms with Crippen LogP contribution in [0.15, 0.2) is 61.4 Å². The first-order valence-corrected chi connectivity index (χ1v) is 10.4. The highest BCUT2D eigenvalue weighted by Crippen LogP contribution is 2.24. The Hall–Kier alpha value is -3.52. The minimum atomic E-state index is -0.0389. The number of piperazine rings is 1.